The first-order valence-corrected chi connectivity index (χ1v) is 7.25. The van der Waals surface area contributed by atoms with Crippen molar-refractivity contribution in [2.75, 3.05) is 7.11 Å². The van der Waals surface area contributed by atoms with Gasteiger partial charge in [0, 0.05) is 16.2 Å². The number of hydrogen-bond donors (Lipinski definition) is 0. The first kappa shape index (κ1) is 15.4. The molecular formula is C15H15BrN2O3. The first-order valence-electron chi connectivity index (χ1n) is 6.45. The summed E-state index contributed by atoms with van der Waals surface area (Å²) < 4.78 is 6.99. The second-order valence-corrected chi connectivity index (χ2v) is 5.43. The number of esters is 1. The quantitative estimate of drug-likeness (QED) is 0.798. The molecular weight excluding hydrogens is 336 g/mol. The number of nitrogens with zero attached hydrogens (tertiary/aromatic N) is 2. The van der Waals surface area contributed by atoms with Crippen molar-refractivity contribution < 1.29 is 9.53 Å². The van der Waals surface area contributed by atoms with Gasteiger partial charge in [0.2, 0.25) is 11.1 Å². The average Bonchev–Trinajstić information content (AvgIpc) is 2.49. The van der Waals surface area contributed by atoms with Crippen molar-refractivity contribution in [1.82, 2.24) is 9.78 Å². The molecule has 0 radical (unpaired) electrons. The zero-order chi connectivity index (χ0) is 15.6. The van der Waals surface area contributed by atoms with Crippen molar-refractivity contribution in [3.8, 4) is 5.69 Å². The number of benzene rings is 1. The minimum Gasteiger partial charge on any atom is -0.464 e. The smallest absolute Gasteiger partial charge is 0.362 e. The molecule has 1 aromatic heterocycles. The molecule has 21 heavy (non-hydrogen) atoms. The minimum atomic E-state index is -0.729. The van der Waals surface area contributed by atoms with E-state index in [1.165, 1.54) is 11.8 Å². The third-order valence-corrected chi connectivity index (χ3v) is 3.77. The second kappa shape index (κ2) is 6.22. The highest BCUT2D eigenvalue weighted by Gasteiger charge is 2.17. The van der Waals surface area contributed by atoms with Crippen molar-refractivity contribution in [2.45, 2.75) is 20.3 Å². The summed E-state index contributed by atoms with van der Waals surface area (Å²) in [5.41, 5.74) is 1.73. The maximum Gasteiger partial charge on any atom is 0.362 e. The molecule has 0 saturated carbocycles. The van der Waals surface area contributed by atoms with E-state index >= 15 is 0 Å². The summed E-state index contributed by atoms with van der Waals surface area (Å²) >= 11 is 3.46. The fraction of sp³-hybridized carbons (Fsp3) is 0.267. The molecule has 2 rings (SSSR count). The molecule has 1 aromatic carbocycles. The Morgan fingerprint density at radius 1 is 1.43 bits per heavy atom. The van der Waals surface area contributed by atoms with Crippen molar-refractivity contribution >= 4 is 21.9 Å². The summed E-state index contributed by atoms with van der Waals surface area (Å²) in [6, 6.07) is 5.77. The largest absolute Gasteiger partial charge is 0.464 e. The van der Waals surface area contributed by atoms with Crippen LogP contribution in [0.4, 0.5) is 0 Å². The highest BCUT2D eigenvalue weighted by molar-refractivity contribution is 9.10. The van der Waals surface area contributed by atoms with Crippen LogP contribution in [0.5, 0.6) is 0 Å². The predicted molar refractivity (Wildman–Crippen MR) is 83.0 cm³/mol. The topological polar surface area (TPSA) is 61.2 Å². The number of carbonyl (C=O) groups is 1. The first-order chi connectivity index (χ1) is 9.97. The molecule has 5 nitrogen and oxygen atoms in total. The predicted octanol–water partition coefficient (Wildman–Crippen LogP) is 2.65. The number of aryl methyl sites for hydroxylation is 2. The molecule has 2 aromatic rings. The van der Waals surface area contributed by atoms with Gasteiger partial charge in [-0.1, -0.05) is 13.0 Å². The van der Waals surface area contributed by atoms with E-state index in [0.29, 0.717) is 12.0 Å². The molecule has 0 unspecified atom stereocenters. The number of aromatic nitrogens is 2. The van der Waals surface area contributed by atoms with E-state index in [0.717, 1.165) is 15.7 Å². The molecule has 0 amide bonds. The third-order valence-electron chi connectivity index (χ3n) is 3.10. The molecule has 1 heterocycles. The number of carbonyl (C=O) groups excluding carboxylic acids is 1. The van der Waals surface area contributed by atoms with Crippen LogP contribution >= 0.6 is 15.9 Å². The summed E-state index contributed by atoms with van der Waals surface area (Å²) in [5.74, 6) is -0.729. The maximum atomic E-state index is 12.1. The van der Waals surface area contributed by atoms with Crippen LogP contribution in [-0.2, 0) is 11.2 Å². The lowest BCUT2D eigenvalue weighted by atomic mass is 10.2. The average molecular weight is 351 g/mol. The van der Waals surface area contributed by atoms with Crippen molar-refractivity contribution in [3.63, 3.8) is 0 Å². The van der Waals surface area contributed by atoms with Gasteiger partial charge in [-0.2, -0.15) is 5.10 Å². The van der Waals surface area contributed by atoms with Crippen LogP contribution in [0.3, 0.4) is 0 Å². The number of rotatable bonds is 3. The third kappa shape index (κ3) is 3.05. The maximum absolute atomic E-state index is 12.1. The van der Waals surface area contributed by atoms with E-state index in [2.05, 4.69) is 25.8 Å². The monoisotopic (exact) mass is 350 g/mol. The number of methoxy groups -OCH3 is 1. The zero-order valence-corrected chi connectivity index (χ0v) is 13.6. The summed E-state index contributed by atoms with van der Waals surface area (Å²) in [6.07, 6.45) is 2.16. The van der Waals surface area contributed by atoms with Gasteiger partial charge < -0.3 is 4.74 Å². The van der Waals surface area contributed by atoms with Crippen molar-refractivity contribution in [3.05, 3.63) is 55.9 Å². The van der Waals surface area contributed by atoms with E-state index in [1.807, 2.05) is 32.0 Å². The highest BCUT2D eigenvalue weighted by atomic mass is 79.9. The summed E-state index contributed by atoms with van der Waals surface area (Å²) in [6.45, 7) is 3.81. The van der Waals surface area contributed by atoms with Crippen molar-refractivity contribution in [1.29, 1.82) is 0 Å². The van der Waals surface area contributed by atoms with Crippen LogP contribution in [0, 0.1) is 6.92 Å². The second-order valence-electron chi connectivity index (χ2n) is 4.58. The van der Waals surface area contributed by atoms with Crippen LogP contribution in [0.2, 0.25) is 0 Å². The minimum absolute atomic E-state index is 0.203. The standard InChI is InChI=1S/C15H15BrN2O3/c1-4-10-8-18(12-7-9(2)5-6-11(12)16)17-13(14(10)19)15(20)21-3/h5-8H,4H2,1-3H3. The van der Waals surface area contributed by atoms with E-state index in [9.17, 15) is 9.59 Å². The zero-order valence-electron chi connectivity index (χ0n) is 12.0. The molecule has 0 spiro atoms. The van der Waals surface area contributed by atoms with Crippen molar-refractivity contribution in [2.24, 2.45) is 0 Å². The number of halogens is 1. The molecule has 110 valence electrons. The molecule has 0 N–H and O–H groups in total. The Labute approximate surface area is 130 Å². The Morgan fingerprint density at radius 3 is 2.76 bits per heavy atom. The van der Waals surface area contributed by atoms with Gasteiger partial charge >= 0.3 is 5.97 Å². The van der Waals surface area contributed by atoms with Gasteiger partial charge in [-0.25, -0.2) is 9.48 Å². The Morgan fingerprint density at radius 2 is 2.14 bits per heavy atom. The normalized spacial score (nSPS) is 10.5. The summed E-state index contributed by atoms with van der Waals surface area (Å²) in [4.78, 5) is 23.9. The van der Waals surface area contributed by atoms with Gasteiger partial charge in [-0.05, 0) is 47.0 Å². The van der Waals surface area contributed by atoms with Crippen LogP contribution < -0.4 is 5.43 Å². The Hall–Kier alpha value is -1.95. The van der Waals surface area contributed by atoms with Crippen LogP contribution in [0.15, 0.2) is 33.7 Å². The lowest BCUT2D eigenvalue weighted by molar-refractivity contribution is 0.0590. The van der Waals surface area contributed by atoms with Gasteiger partial charge in [-0.15, -0.1) is 0 Å². The SMILES string of the molecule is CCc1cn(-c2cc(C)ccc2Br)nc(C(=O)OC)c1=O. The van der Waals surface area contributed by atoms with Crippen LogP contribution in [-0.4, -0.2) is 22.9 Å². The Kier molecular flexibility index (Phi) is 4.57. The van der Waals surface area contributed by atoms with Gasteiger partial charge in [0.1, 0.15) is 0 Å². The Bertz CT molecular complexity index is 753. The van der Waals surface area contributed by atoms with Crippen LogP contribution in [0.1, 0.15) is 28.5 Å². The van der Waals surface area contributed by atoms with E-state index in [4.69, 9.17) is 0 Å². The number of ether oxygens (including phenoxy) is 1. The Balaban J connectivity index is 2.72. The fourth-order valence-corrected chi connectivity index (χ4v) is 2.37. The lowest BCUT2D eigenvalue weighted by Gasteiger charge is -2.11. The molecule has 0 aliphatic carbocycles. The summed E-state index contributed by atoms with van der Waals surface area (Å²) in [7, 11) is 1.23. The molecule has 0 aliphatic rings. The lowest BCUT2D eigenvalue weighted by Crippen LogP contribution is -2.25. The molecule has 0 aliphatic heterocycles. The summed E-state index contributed by atoms with van der Waals surface area (Å²) in [5, 5.41) is 4.12. The van der Waals surface area contributed by atoms with Crippen LogP contribution in [0.25, 0.3) is 5.69 Å². The van der Waals surface area contributed by atoms with Gasteiger partial charge in [0.25, 0.3) is 0 Å². The molecule has 0 saturated heterocycles. The highest BCUT2D eigenvalue weighted by Crippen LogP contribution is 2.21. The molecule has 0 fully saturated rings. The van der Waals surface area contributed by atoms with Gasteiger partial charge in [0.15, 0.2) is 0 Å². The van der Waals surface area contributed by atoms with E-state index in [1.54, 1.807) is 6.20 Å². The molecule has 0 bridgehead atoms. The van der Waals surface area contributed by atoms with E-state index < -0.39 is 5.97 Å². The van der Waals surface area contributed by atoms with E-state index in [-0.39, 0.29) is 11.1 Å². The number of hydrogen-bond acceptors (Lipinski definition) is 4. The molecule has 6 heteroatoms. The fourth-order valence-electron chi connectivity index (χ4n) is 1.94. The van der Waals surface area contributed by atoms with Gasteiger partial charge in [-0.3, -0.25) is 4.79 Å². The molecule has 0 atom stereocenters. The van der Waals surface area contributed by atoms with Gasteiger partial charge in [0.05, 0.1) is 12.8 Å².